The molecule has 21 heavy (non-hydrogen) atoms. The van der Waals surface area contributed by atoms with E-state index in [1.165, 1.54) is 36.9 Å². The Morgan fingerprint density at radius 2 is 1.71 bits per heavy atom. The largest absolute Gasteiger partial charge is 0.372 e. The molecule has 0 aliphatic heterocycles. The fourth-order valence-corrected chi connectivity index (χ4v) is 3.19. The summed E-state index contributed by atoms with van der Waals surface area (Å²) >= 11 is 0. The standard InChI is InChI=1S/C19H32N2/c1-15(2)13-20-14-17-7-11-19(12-8-17)21(4)18-9-5-16(3)6-10-18/h7-8,11-12,15-16,18,20H,5-6,9-10,13-14H2,1-4H3. The molecule has 0 bridgehead atoms. The number of rotatable bonds is 6. The normalized spacial score (nSPS) is 22.5. The van der Waals surface area contributed by atoms with E-state index in [4.69, 9.17) is 0 Å². The van der Waals surface area contributed by atoms with Crippen LogP contribution in [0.5, 0.6) is 0 Å². The number of hydrogen-bond donors (Lipinski definition) is 1. The van der Waals surface area contributed by atoms with Crippen molar-refractivity contribution in [2.24, 2.45) is 11.8 Å². The van der Waals surface area contributed by atoms with E-state index < -0.39 is 0 Å². The molecule has 2 heteroatoms. The Morgan fingerprint density at radius 3 is 2.29 bits per heavy atom. The van der Waals surface area contributed by atoms with Gasteiger partial charge in [-0.3, -0.25) is 0 Å². The minimum atomic E-state index is 0.712. The third-order valence-electron chi connectivity index (χ3n) is 4.76. The lowest BCUT2D eigenvalue weighted by Gasteiger charge is -2.35. The van der Waals surface area contributed by atoms with Gasteiger partial charge in [-0.2, -0.15) is 0 Å². The smallest absolute Gasteiger partial charge is 0.0366 e. The SMILES string of the molecule is CC(C)CNCc1ccc(N(C)C2CCC(C)CC2)cc1. The van der Waals surface area contributed by atoms with Crippen molar-refractivity contribution >= 4 is 5.69 Å². The summed E-state index contributed by atoms with van der Waals surface area (Å²) < 4.78 is 0. The van der Waals surface area contributed by atoms with Crippen molar-refractivity contribution in [3.63, 3.8) is 0 Å². The van der Waals surface area contributed by atoms with Crippen molar-refractivity contribution in [2.45, 2.75) is 59.0 Å². The Bertz CT molecular complexity index is 402. The van der Waals surface area contributed by atoms with Crippen molar-refractivity contribution in [1.29, 1.82) is 0 Å². The van der Waals surface area contributed by atoms with E-state index in [0.717, 1.165) is 25.0 Å². The Kier molecular flexibility index (Phi) is 6.10. The molecule has 0 heterocycles. The predicted molar refractivity (Wildman–Crippen MR) is 92.8 cm³/mol. The molecule has 0 saturated heterocycles. The third kappa shape index (κ3) is 5.03. The van der Waals surface area contributed by atoms with Gasteiger partial charge >= 0.3 is 0 Å². The van der Waals surface area contributed by atoms with Gasteiger partial charge in [0.15, 0.2) is 0 Å². The average molecular weight is 288 g/mol. The molecule has 0 atom stereocenters. The molecule has 0 amide bonds. The molecular formula is C19H32N2. The molecule has 1 saturated carbocycles. The summed E-state index contributed by atoms with van der Waals surface area (Å²) in [6.45, 7) is 8.94. The monoisotopic (exact) mass is 288 g/mol. The first-order valence-electron chi connectivity index (χ1n) is 8.58. The summed E-state index contributed by atoms with van der Waals surface area (Å²) in [5, 5.41) is 3.50. The lowest BCUT2D eigenvalue weighted by molar-refractivity contribution is 0.341. The van der Waals surface area contributed by atoms with Crippen molar-refractivity contribution < 1.29 is 0 Å². The third-order valence-corrected chi connectivity index (χ3v) is 4.76. The van der Waals surface area contributed by atoms with Gasteiger partial charge in [0.1, 0.15) is 0 Å². The van der Waals surface area contributed by atoms with Crippen LogP contribution in [0.1, 0.15) is 52.0 Å². The highest BCUT2D eigenvalue weighted by atomic mass is 15.1. The van der Waals surface area contributed by atoms with Crippen molar-refractivity contribution in [3.8, 4) is 0 Å². The second kappa shape index (κ2) is 7.84. The first-order valence-corrected chi connectivity index (χ1v) is 8.58. The highest BCUT2D eigenvalue weighted by Crippen LogP contribution is 2.29. The lowest BCUT2D eigenvalue weighted by Crippen LogP contribution is -2.34. The van der Waals surface area contributed by atoms with Gasteiger partial charge < -0.3 is 10.2 Å². The zero-order chi connectivity index (χ0) is 15.2. The van der Waals surface area contributed by atoms with Gasteiger partial charge in [0, 0.05) is 25.3 Å². The Hall–Kier alpha value is -1.02. The van der Waals surface area contributed by atoms with E-state index in [-0.39, 0.29) is 0 Å². The summed E-state index contributed by atoms with van der Waals surface area (Å²) in [5.74, 6) is 1.63. The van der Waals surface area contributed by atoms with Crippen molar-refractivity contribution in [3.05, 3.63) is 29.8 Å². The fraction of sp³-hybridized carbons (Fsp3) is 0.684. The quantitative estimate of drug-likeness (QED) is 0.832. The van der Waals surface area contributed by atoms with Gasteiger partial charge in [-0.15, -0.1) is 0 Å². The van der Waals surface area contributed by atoms with Crippen LogP contribution in [0.25, 0.3) is 0 Å². The average Bonchev–Trinajstić information content (AvgIpc) is 2.48. The zero-order valence-electron chi connectivity index (χ0n) is 14.2. The summed E-state index contributed by atoms with van der Waals surface area (Å²) in [5.41, 5.74) is 2.74. The predicted octanol–water partition coefficient (Wildman–Crippen LogP) is 4.45. The van der Waals surface area contributed by atoms with E-state index in [0.29, 0.717) is 5.92 Å². The second-order valence-corrected chi connectivity index (χ2v) is 7.22. The Balaban J connectivity index is 1.86. The molecule has 2 nitrogen and oxygen atoms in total. The molecule has 0 unspecified atom stereocenters. The van der Waals surface area contributed by atoms with E-state index in [2.05, 4.69) is 62.3 Å². The van der Waals surface area contributed by atoms with Crippen LogP contribution >= 0.6 is 0 Å². The van der Waals surface area contributed by atoms with Crippen LogP contribution in [0.3, 0.4) is 0 Å². The van der Waals surface area contributed by atoms with Crippen LogP contribution in [-0.4, -0.2) is 19.6 Å². The topological polar surface area (TPSA) is 15.3 Å². The molecular weight excluding hydrogens is 256 g/mol. The van der Waals surface area contributed by atoms with Gasteiger partial charge in [-0.05, 0) is 61.8 Å². The summed E-state index contributed by atoms with van der Waals surface area (Å²) in [6, 6.07) is 9.83. The minimum Gasteiger partial charge on any atom is -0.372 e. The summed E-state index contributed by atoms with van der Waals surface area (Å²) in [6.07, 6.45) is 5.45. The number of anilines is 1. The van der Waals surface area contributed by atoms with Crippen LogP contribution in [0.2, 0.25) is 0 Å². The molecule has 0 spiro atoms. The van der Waals surface area contributed by atoms with E-state index in [1.807, 2.05) is 0 Å². The van der Waals surface area contributed by atoms with Crippen molar-refractivity contribution in [1.82, 2.24) is 5.32 Å². The molecule has 2 rings (SSSR count). The summed E-state index contributed by atoms with van der Waals surface area (Å²) in [7, 11) is 2.26. The first kappa shape index (κ1) is 16.4. The molecule has 118 valence electrons. The maximum atomic E-state index is 3.50. The van der Waals surface area contributed by atoms with Gasteiger partial charge in [-0.1, -0.05) is 32.9 Å². The van der Waals surface area contributed by atoms with Gasteiger partial charge in [-0.25, -0.2) is 0 Å². The lowest BCUT2D eigenvalue weighted by atomic mass is 9.86. The van der Waals surface area contributed by atoms with E-state index in [9.17, 15) is 0 Å². The van der Waals surface area contributed by atoms with Crippen LogP contribution in [0.4, 0.5) is 5.69 Å². The number of nitrogens with zero attached hydrogens (tertiary/aromatic N) is 1. The fourth-order valence-electron chi connectivity index (χ4n) is 3.19. The maximum Gasteiger partial charge on any atom is 0.0366 e. The van der Waals surface area contributed by atoms with Crippen LogP contribution in [0.15, 0.2) is 24.3 Å². The Labute approximate surface area is 130 Å². The molecule has 1 aliphatic carbocycles. The van der Waals surface area contributed by atoms with Gasteiger partial charge in [0.05, 0.1) is 0 Å². The molecule has 1 aliphatic rings. The Morgan fingerprint density at radius 1 is 1.10 bits per heavy atom. The highest BCUT2D eigenvalue weighted by Gasteiger charge is 2.21. The van der Waals surface area contributed by atoms with Gasteiger partial charge in [0.2, 0.25) is 0 Å². The van der Waals surface area contributed by atoms with Crippen molar-refractivity contribution in [2.75, 3.05) is 18.5 Å². The number of nitrogens with one attached hydrogen (secondary N) is 1. The molecule has 1 aromatic carbocycles. The molecule has 0 radical (unpaired) electrons. The van der Waals surface area contributed by atoms with Crippen LogP contribution in [-0.2, 0) is 6.54 Å². The maximum absolute atomic E-state index is 3.50. The van der Waals surface area contributed by atoms with E-state index >= 15 is 0 Å². The molecule has 1 aromatic rings. The minimum absolute atomic E-state index is 0.712. The number of benzene rings is 1. The second-order valence-electron chi connectivity index (χ2n) is 7.22. The molecule has 1 fully saturated rings. The highest BCUT2D eigenvalue weighted by molar-refractivity contribution is 5.47. The van der Waals surface area contributed by atoms with Crippen LogP contribution in [0, 0.1) is 11.8 Å². The number of hydrogen-bond acceptors (Lipinski definition) is 2. The van der Waals surface area contributed by atoms with Crippen LogP contribution < -0.4 is 10.2 Å². The van der Waals surface area contributed by atoms with E-state index in [1.54, 1.807) is 0 Å². The molecule has 0 aromatic heterocycles. The molecule has 1 N–H and O–H groups in total. The zero-order valence-corrected chi connectivity index (χ0v) is 14.2. The summed E-state index contributed by atoms with van der Waals surface area (Å²) in [4.78, 5) is 2.48. The first-order chi connectivity index (χ1) is 10.1. The van der Waals surface area contributed by atoms with Gasteiger partial charge in [0.25, 0.3) is 0 Å².